The van der Waals surface area contributed by atoms with Crippen molar-refractivity contribution in [3.05, 3.63) is 48.5 Å². The Morgan fingerprint density at radius 3 is 2.54 bits per heavy atom. The number of aryl methyl sites for hydroxylation is 1. The lowest BCUT2D eigenvalue weighted by Crippen LogP contribution is -1.88. The molecule has 1 aromatic heterocycles. The van der Waals surface area contributed by atoms with Crippen LogP contribution in [0.15, 0.2) is 42.9 Å². The van der Waals surface area contributed by atoms with Crippen LogP contribution in [0.25, 0.3) is 11.1 Å². The topological polar surface area (TPSA) is 25.8 Å². The van der Waals surface area contributed by atoms with Gasteiger partial charge in [0, 0.05) is 17.5 Å². The second-order valence-electron chi connectivity index (χ2n) is 2.89. The van der Waals surface area contributed by atoms with Gasteiger partial charge in [0.25, 0.3) is 0 Å². The lowest BCUT2D eigenvalue weighted by molar-refractivity contribution is 1.11. The Hall–Kier alpha value is -1.70. The summed E-state index contributed by atoms with van der Waals surface area (Å²) in [5.41, 5.74) is 3.28. The molecular weight excluding hydrogens is 160 g/mol. The molecule has 13 heavy (non-hydrogen) atoms. The third-order valence-corrected chi connectivity index (χ3v) is 2.00. The van der Waals surface area contributed by atoms with Gasteiger partial charge in [-0.25, -0.2) is 9.97 Å². The Morgan fingerprint density at radius 1 is 1.08 bits per heavy atom. The van der Waals surface area contributed by atoms with Gasteiger partial charge in [0.2, 0.25) is 0 Å². The molecule has 0 spiro atoms. The van der Waals surface area contributed by atoms with Crippen molar-refractivity contribution in [1.29, 1.82) is 0 Å². The molecule has 2 heteroatoms. The largest absolute Gasteiger partial charge is 0.244 e. The van der Waals surface area contributed by atoms with Gasteiger partial charge in [-0.3, -0.25) is 0 Å². The summed E-state index contributed by atoms with van der Waals surface area (Å²) >= 11 is 0. The molecule has 0 N–H and O–H groups in total. The minimum atomic E-state index is 1.02. The third kappa shape index (κ3) is 1.56. The minimum Gasteiger partial charge on any atom is -0.244 e. The molecule has 0 radical (unpaired) electrons. The third-order valence-electron chi connectivity index (χ3n) is 2.00. The molecule has 2 rings (SSSR count). The lowest BCUT2D eigenvalue weighted by Gasteiger charge is -2.02. The molecule has 0 aliphatic rings. The highest BCUT2D eigenvalue weighted by Crippen LogP contribution is 2.19. The maximum Gasteiger partial charge on any atom is 0.115 e. The summed E-state index contributed by atoms with van der Waals surface area (Å²) in [7, 11) is 0. The summed E-state index contributed by atoms with van der Waals surface area (Å²) in [5.74, 6) is 0. The highest BCUT2D eigenvalue weighted by molar-refractivity contribution is 5.64. The van der Waals surface area contributed by atoms with Crippen LogP contribution in [-0.4, -0.2) is 9.97 Å². The van der Waals surface area contributed by atoms with Crippen molar-refractivity contribution < 1.29 is 0 Å². The number of benzene rings is 1. The highest BCUT2D eigenvalue weighted by Gasteiger charge is 2.00. The van der Waals surface area contributed by atoms with Crippen molar-refractivity contribution in [3.63, 3.8) is 0 Å². The zero-order valence-electron chi connectivity index (χ0n) is 7.44. The zero-order chi connectivity index (χ0) is 9.10. The van der Waals surface area contributed by atoms with Crippen molar-refractivity contribution >= 4 is 0 Å². The van der Waals surface area contributed by atoms with Crippen molar-refractivity contribution in [2.24, 2.45) is 0 Å². The summed E-state index contributed by atoms with van der Waals surface area (Å²) in [4.78, 5) is 8.16. The molecular formula is C11H10N2. The quantitative estimate of drug-likeness (QED) is 0.657. The summed E-state index contributed by atoms with van der Waals surface area (Å²) in [6.07, 6.45) is 3.42. The Morgan fingerprint density at radius 2 is 1.85 bits per heavy atom. The van der Waals surface area contributed by atoms with Crippen LogP contribution >= 0.6 is 0 Å². The van der Waals surface area contributed by atoms with Crippen molar-refractivity contribution in [2.45, 2.75) is 6.92 Å². The molecule has 2 aromatic rings. The van der Waals surface area contributed by atoms with E-state index in [1.165, 1.54) is 5.56 Å². The maximum atomic E-state index is 4.14. The van der Waals surface area contributed by atoms with Crippen LogP contribution in [0.1, 0.15) is 5.69 Å². The predicted octanol–water partition coefficient (Wildman–Crippen LogP) is 2.45. The number of aromatic nitrogens is 2. The van der Waals surface area contributed by atoms with Gasteiger partial charge < -0.3 is 0 Å². The van der Waals surface area contributed by atoms with E-state index >= 15 is 0 Å². The SMILES string of the molecule is Cc1ncncc1-c1ccccc1. The van der Waals surface area contributed by atoms with Crippen molar-refractivity contribution in [3.8, 4) is 11.1 Å². The fourth-order valence-corrected chi connectivity index (χ4v) is 1.29. The van der Waals surface area contributed by atoms with Crippen LogP contribution in [0.4, 0.5) is 0 Å². The molecule has 0 saturated heterocycles. The highest BCUT2D eigenvalue weighted by atomic mass is 14.8. The normalized spacial score (nSPS) is 9.92. The first-order valence-corrected chi connectivity index (χ1v) is 4.20. The Bertz CT molecular complexity index is 396. The van der Waals surface area contributed by atoms with Crippen molar-refractivity contribution in [1.82, 2.24) is 9.97 Å². The standard InChI is InChI=1S/C11H10N2/c1-9-11(7-12-8-13-9)10-5-3-2-4-6-10/h2-8H,1H3. The molecule has 0 aliphatic carbocycles. The Labute approximate surface area is 77.3 Å². The van der Waals surface area contributed by atoms with Crippen LogP contribution in [0, 0.1) is 6.92 Å². The molecule has 1 aromatic carbocycles. The van der Waals surface area contributed by atoms with E-state index in [0.717, 1.165) is 11.3 Å². The fourth-order valence-electron chi connectivity index (χ4n) is 1.29. The molecule has 1 heterocycles. The van der Waals surface area contributed by atoms with E-state index in [0.29, 0.717) is 0 Å². The van der Waals surface area contributed by atoms with E-state index in [9.17, 15) is 0 Å². The van der Waals surface area contributed by atoms with Crippen LogP contribution < -0.4 is 0 Å². The first-order chi connectivity index (χ1) is 6.38. The molecule has 0 fully saturated rings. The molecule has 0 unspecified atom stereocenters. The van der Waals surface area contributed by atoms with Gasteiger partial charge >= 0.3 is 0 Å². The van der Waals surface area contributed by atoms with E-state index in [4.69, 9.17) is 0 Å². The van der Waals surface area contributed by atoms with Gasteiger partial charge in [-0.2, -0.15) is 0 Å². The van der Waals surface area contributed by atoms with Crippen LogP contribution in [-0.2, 0) is 0 Å². The molecule has 0 bridgehead atoms. The second-order valence-corrected chi connectivity index (χ2v) is 2.89. The predicted molar refractivity (Wildman–Crippen MR) is 52.2 cm³/mol. The average Bonchev–Trinajstić information content (AvgIpc) is 2.20. The fraction of sp³-hybridized carbons (Fsp3) is 0.0909. The summed E-state index contributed by atoms with van der Waals surface area (Å²) in [6.45, 7) is 1.99. The molecule has 0 saturated carbocycles. The number of nitrogens with zero attached hydrogens (tertiary/aromatic N) is 2. The first-order valence-electron chi connectivity index (χ1n) is 4.20. The number of hydrogen-bond donors (Lipinski definition) is 0. The summed E-state index contributed by atoms with van der Waals surface area (Å²) in [5, 5.41) is 0. The molecule has 0 amide bonds. The van der Waals surface area contributed by atoms with Gasteiger partial charge in [-0.05, 0) is 12.5 Å². The van der Waals surface area contributed by atoms with E-state index in [-0.39, 0.29) is 0 Å². The smallest absolute Gasteiger partial charge is 0.115 e. The van der Waals surface area contributed by atoms with Crippen LogP contribution in [0.5, 0.6) is 0 Å². The van der Waals surface area contributed by atoms with Gasteiger partial charge in [0.05, 0.1) is 0 Å². The van der Waals surface area contributed by atoms with E-state index in [1.54, 1.807) is 6.33 Å². The average molecular weight is 170 g/mol. The van der Waals surface area contributed by atoms with Crippen LogP contribution in [0.2, 0.25) is 0 Å². The van der Waals surface area contributed by atoms with Gasteiger partial charge in [0.15, 0.2) is 0 Å². The van der Waals surface area contributed by atoms with Crippen LogP contribution in [0.3, 0.4) is 0 Å². The van der Waals surface area contributed by atoms with E-state index < -0.39 is 0 Å². The van der Waals surface area contributed by atoms with E-state index in [2.05, 4.69) is 22.1 Å². The summed E-state index contributed by atoms with van der Waals surface area (Å²) in [6, 6.07) is 10.2. The maximum absolute atomic E-state index is 4.14. The molecule has 2 nitrogen and oxygen atoms in total. The molecule has 0 atom stereocenters. The minimum absolute atomic E-state index is 1.02. The number of hydrogen-bond acceptors (Lipinski definition) is 2. The van der Waals surface area contributed by atoms with E-state index in [1.807, 2.05) is 31.3 Å². The first kappa shape index (κ1) is 7.92. The zero-order valence-corrected chi connectivity index (χ0v) is 7.44. The molecule has 0 aliphatic heterocycles. The summed E-state index contributed by atoms with van der Waals surface area (Å²) < 4.78 is 0. The second kappa shape index (κ2) is 3.35. The number of rotatable bonds is 1. The van der Waals surface area contributed by atoms with Gasteiger partial charge in [-0.15, -0.1) is 0 Å². The monoisotopic (exact) mass is 170 g/mol. The Kier molecular flexibility index (Phi) is 2.04. The van der Waals surface area contributed by atoms with Gasteiger partial charge in [-0.1, -0.05) is 30.3 Å². The molecule has 64 valence electrons. The Balaban J connectivity index is 2.54. The van der Waals surface area contributed by atoms with Gasteiger partial charge in [0.1, 0.15) is 6.33 Å². The lowest BCUT2D eigenvalue weighted by atomic mass is 10.1. The van der Waals surface area contributed by atoms with Crippen molar-refractivity contribution in [2.75, 3.05) is 0 Å².